The van der Waals surface area contributed by atoms with Gasteiger partial charge in [0.2, 0.25) is 0 Å². The predicted octanol–water partition coefficient (Wildman–Crippen LogP) is 2.55. The first-order chi connectivity index (χ1) is 10.3. The minimum Gasteiger partial charge on any atom is -0.488 e. The maximum Gasteiger partial charge on any atom is 0.348 e. The van der Waals surface area contributed by atoms with Crippen molar-refractivity contribution in [2.45, 2.75) is 26.1 Å². The van der Waals surface area contributed by atoms with Crippen LogP contribution in [0.25, 0.3) is 6.08 Å². The molecule has 7 heteroatoms. The molecule has 1 aliphatic rings. The van der Waals surface area contributed by atoms with Gasteiger partial charge in [-0.3, -0.25) is 0 Å². The number of carbonyl (C=O) groups excluding carboxylic acids is 2. The molecule has 0 saturated carbocycles. The second-order valence-electron chi connectivity index (χ2n) is 5.01. The van der Waals surface area contributed by atoms with Crippen LogP contribution in [-0.4, -0.2) is 30.8 Å². The summed E-state index contributed by atoms with van der Waals surface area (Å²) in [4.78, 5) is 23.6. The van der Waals surface area contributed by atoms with Crippen molar-refractivity contribution in [1.82, 2.24) is 0 Å². The largest absolute Gasteiger partial charge is 0.488 e. The fraction of sp³-hybridized carbons (Fsp3) is 0.333. The summed E-state index contributed by atoms with van der Waals surface area (Å²) < 4.78 is 39.0. The number of hydrogen-bond donors (Lipinski definition) is 0. The van der Waals surface area contributed by atoms with Crippen LogP contribution in [0.2, 0.25) is 0 Å². The van der Waals surface area contributed by atoms with E-state index in [-0.39, 0.29) is 11.3 Å². The number of ether oxygens (including phenoxy) is 3. The third-order valence-electron chi connectivity index (χ3n) is 2.66. The molecule has 0 spiro atoms. The van der Waals surface area contributed by atoms with Crippen molar-refractivity contribution >= 4 is 18.0 Å². The molecule has 0 amide bonds. The molecule has 2 rings (SSSR count). The van der Waals surface area contributed by atoms with Crippen molar-refractivity contribution in [3.8, 4) is 5.75 Å². The second-order valence-corrected chi connectivity index (χ2v) is 5.01. The first kappa shape index (κ1) is 15.9. The van der Waals surface area contributed by atoms with E-state index in [0.29, 0.717) is 5.56 Å². The van der Waals surface area contributed by atoms with Gasteiger partial charge in [-0.25, -0.2) is 18.4 Å². The Hall–Kier alpha value is -2.44. The van der Waals surface area contributed by atoms with E-state index in [2.05, 4.69) is 0 Å². The average Bonchev–Trinajstić information content (AvgIpc) is 2.40. The number of alkyl halides is 2. The molecule has 0 unspecified atom stereocenters. The molecule has 22 heavy (non-hydrogen) atoms. The summed E-state index contributed by atoms with van der Waals surface area (Å²) >= 11 is 0. The molecule has 1 fully saturated rings. The van der Waals surface area contributed by atoms with Gasteiger partial charge in [-0.2, -0.15) is 0 Å². The molecule has 0 aromatic heterocycles. The average molecular weight is 312 g/mol. The van der Waals surface area contributed by atoms with Crippen LogP contribution in [0.1, 0.15) is 19.4 Å². The first-order valence-electron chi connectivity index (χ1n) is 6.46. The Morgan fingerprint density at radius 2 is 1.86 bits per heavy atom. The summed E-state index contributed by atoms with van der Waals surface area (Å²) in [6.45, 7) is 2.15. The molecule has 1 aromatic rings. The van der Waals surface area contributed by atoms with Gasteiger partial charge in [-0.05, 0) is 23.8 Å². The summed E-state index contributed by atoms with van der Waals surface area (Å²) in [6.07, 6.45) is -1.33. The fourth-order valence-corrected chi connectivity index (χ4v) is 1.80. The summed E-state index contributed by atoms with van der Waals surface area (Å²) in [7, 11) is 0. The van der Waals surface area contributed by atoms with E-state index >= 15 is 0 Å². The lowest BCUT2D eigenvalue weighted by Crippen LogP contribution is -2.41. The second kappa shape index (κ2) is 6.13. The topological polar surface area (TPSA) is 61.8 Å². The standard InChI is InChI=1S/C15H14F2O5/c1-15(2)21-13(18)11(14(19)22-15)7-9-4-3-5-10(6-9)20-8-12(16)17/h3-7,12H,8H2,1-2H3. The lowest BCUT2D eigenvalue weighted by molar-refractivity contribution is -0.222. The molecule has 5 nitrogen and oxygen atoms in total. The number of carbonyl (C=O) groups is 2. The third-order valence-corrected chi connectivity index (χ3v) is 2.66. The van der Waals surface area contributed by atoms with Crippen LogP contribution in [0.4, 0.5) is 8.78 Å². The quantitative estimate of drug-likeness (QED) is 0.486. The zero-order valence-electron chi connectivity index (χ0n) is 12.0. The Bertz CT molecular complexity index is 600. The normalized spacial score (nSPS) is 17.0. The predicted molar refractivity (Wildman–Crippen MR) is 72.2 cm³/mol. The van der Waals surface area contributed by atoms with Gasteiger partial charge in [0.15, 0.2) is 0 Å². The molecular weight excluding hydrogens is 298 g/mol. The summed E-state index contributed by atoms with van der Waals surface area (Å²) in [5.74, 6) is -2.72. The minimum atomic E-state index is -2.59. The van der Waals surface area contributed by atoms with Crippen LogP contribution in [0.5, 0.6) is 5.75 Å². The van der Waals surface area contributed by atoms with Gasteiger partial charge in [-0.15, -0.1) is 0 Å². The SMILES string of the molecule is CC1(C)OC(=O)C(=Cc2cccc(OCC(F)F)c2)C(=O)O1. The number of halogens is 2. The zero-order chi connectivity index (χ0) is 16.3. The molecule has 0 N–H and O–H groups in total. The van der Waals surface area contributed by atoms with E-state index < -0.39 is 30.8 Å². The monoisotopic (exact) mass is 312 g/mol. The first-order valence-corrected chi connectivity index (χ1v) is 6.46. The van der Waals surface area contributed by atoms with Crippen LogP contribution in [0.15, 0.2) is 29.8 Å². The van der Waals surface area contributed by atoms with Gasteiger partial charge in [0.05, 0.1) is 0 Å². The number of benzene rings is 1. The number of esters is 2. The van der Waals surface area contributed by atoms with Gasteiger partial charge >= 0.3 is 11.9 Å². The Balaban J connectivity index is 2.20. The molecule has 0 radical (unpaired) electrons. The van der Waals surface area contributed by atoms with Crippen molar-refractivity contribution < 1.29 is 32.6 Å². The van der Waals surface area contributed by atoms with Crippen molar-refractivity contribution in [3.05, 3.63) is 35.4 Å². The van der Waals surface area contributed by atoms with Crippen LogP contribution in [-0.2, 0) is 19.1 Å². The molecule has 1 saturated heterocycles. The van der Waals surface area contributed by atoms with Gasteiger partial charge in [0.1, 0.15) is 17.9 Å². The number of hydrogen-bond acceptors (Lipinski definition) is 5. The Labute approximate surface area is 125 Å². The van der Waals surface area contributed by atoms with E-state index in [9.17, 15) is 18.4 Å². The highest BCUT2D eigenvalue weighted by Crippen LogP contribution is 2.25. The maximum atomic E-state index is 12.1. The van der Waals surface area contributed by atoms with Gasteiger partial charge in [0, 0.05) is 13.8 Å². The van der Waals surface area contributed by atoms with Gasteiger partial charge in [-0.1, -0.05) is 12.1 Å². The lowest BCUT2D eigenvalue weighted by atomic mass is 10.1. The Morgan fingerprint density at radius 1 is 1.23 bits per heavy atom. The molecule has 1 aliphatic heterocycles. The van der Waals surface area contributed by atoms with E-state index in [4.69, 9.17) is 14.2 Å². The van der Waals surface area contributed by atoms with Gasteiger partial charge in [0.25, 0.3) is 12.2 Å². The van der Waals surface area contributed by atoms with E-state index in [1.54, 1.807) is 12.1 Å². The van der Waals surface area contributed by atoms with Crippen LogP contribution in [0, 0.1) is 0 Å². The highest BCUT2D eigenvalue weighted by Gasteiger charge is 2.38. The summed E-state index contributed by atoms with van der Waals surface area (Å²) in [5, 5.41) is 0. The zero-order valence-corrected chi connectivity index (χ0v) is 12.0. The number of cyclic esters (lactones) is 2. The smallest absolute Gasteiger partial charge is 0.348 e. The van der Waals surface area contributed by atoms with Crippen molar-refractivity contribution in [2.75, 3.05) is 6.61 Å². The van der Waals surface area contributed by atoms with Crippen molar-refractivity contribution in [1.29, 1.82) is 0 Å². The minimum absolute atomic E-state index is 0.201. The van der Waals surface area contributed by atoms with E-state index in [0.717, 1.165) is 0 Å². The lowest BCUT2D eigenvalue weighted by Gasteiger charge is -2.29. The molecule has 0 atom stereocenters. The van der Waals surface area contributed by atoms with Crippen molar-refractivity contribution in [2.24, 2.45) is 0 Å². The van der Waals surface area contributed by atoms with Crippen LogP contribution < -0.4 is 4.74 Å². The molecular formula is C15H14F2O5. The van der Waals surface area contributed by atoms with E-state index in [1.165, 1.54) is 32.1 Å². The maximum absolute atomic E-state index is 12.1. The molecule has 118 valence electrons. The molecule has 0 aliphatic carbocycles. The third kappa shape index (κ3) is 4.03. The van der Waals surface area contributed by atoms with Crippen molar-refractivity contribution in [3.63, 3.8) is 0 Å². The Kier molecular flexibility index (Phi) is 4.44. The molecule has 0 bridgehead atoms. The summed E-state index contributed by atoms with van der Waals surface area (Å²) in [6, 6.07) is 6.06. The van der Waals surface area contributed by atoms with Crippen LogP contribution >= 0.6 is 0 Å². The fourth-order valence-electron chi connectivity index (χ4n) is 1.80. The molecule has 1 aromatic carbocycles. The highest BCUT2D eigenvalue weighted by atomic mass is 19.3. The van der Waals surface area contributed by atoms with Gasteiger partial charge < -0.3 is 14.2 Å². The Morgan fingerprint density at radius 3 is 2.45 bits per heavy atom. The molecule has 1 heterocycles. The number of rotatable bonds is 4. The highest BCUT2D eigenvalue weighted by molar-refractivity contribution is 6.18. The van der Waals surface area contributed by atoms with Crippen LogP contribution in [0.3, 0.4) is 0 Å². The van der Waals surface area contributed by atoms with E-state index in [1.807, 2.05) is 0 Å². The summed E-state index contributed by atoms with van der Waals surface area (Å²) in [5.41, 5.74) is 0.153.